The van der Waals surface area contributed by atoms with Crippen LogP contribution in [-0.2, 0) is 6.18 Å². The Morgan fingerprint density at radius 1 is 0.960 bits per heavy atom. The maximum Gasteiger partial charge on any atom is 0.418 e. The van der Waals surface area contributed by atoms with E-state index in [9.17, 15) is 22.0 Å². The molecule has 0 aliphatic carbocycles. The molecule has 130 valence electrons. The number of alkyl halides is 3. The molecule has 25 heavy (non-hydrogen) atoms. The van der Waals surface area contributed by atoms with Gasteiger partial charge in [0.2, 0.25) is 0 Å². The van der Waals surface area contributed by atoms with Crippen molar-refractivity contribution < 1.29 is 26.7 Å². The van der Waals surface area contributed by atoms with Gasteiger partial charge in [0.15, 0.2) is 5.82 Å². The number of hydrogen-bond donors (Lipinski definition) is 0. The van der Waals surface area contributed by atoms with E-state index in [-0.39, 0.29) is 11.7 Å². The highest BCUT2D eigenvalue weighted by Crippen LogP contribution is 2.35. The summed E-state index contributed by atoms with van der Waals surface area (Å²) in [5.41, 5.74) is -1.91. The molecule has 0 spiro atoms. The summed E-state index contributed by atoms with van der Waals surface area (Å²) >= 11 is 0. The highest BCUT2D eigenvalue weighted by Gasteiger charge is 2.35. The van der Waals surface area contributed by atoms with Crippen molar-refractivity contribution in [2.45, 2.75) is 6.18 Å². The number of methoxy groups -OCH3 is 1. The lowest BCUT2D eigenvalue weighted by Crippen LogP contribution is -2.12. The third-order valence-corrected chi connectivity index (χ3v) is 3.38. The summed E-state index contributed by atoms with van der Waals surface area (Å²) in [4.78, 5) is 3.80. The van der Waals surface area contributed by atoms with Crippen LogP contribution in [0.15, 0.2) is 42.5 Å². The summed E-state index contributed by atoms with van der Waals surface area (Å²) in [5, 5.41) is 3.82. The normalized spacial score (nSPS) is 11.6. The van der Waals surface area contributed by atoms with Crippen LogP contribution in [0, 0.1) is 11.6 Å². The number of halogens is 5. The van der Waals surface area contributed by atoms with E-state index < -0.39 is 34.8 Å². The Bertz CT molecular complexity index is 900. The van der Waals surface area contributed by atoms with E-state index in [1.165, 1.54) is 12.1 Å². The molecular formula is C16H10F5N3O. The van der Waals surface area contributed by atoms with Gasteiger partial charge in [-0.15, -0.1) is 5.10 Å². The Labute approximate surface area is 138 Å². The van der Waals surface area contributed by atoms with Gasteiger partial charge < -0.3 is 4.74 Å². The Balaban J connectivity index is 2.22. The number of ether oxygens (including phenoxy) is 1. The second-order valence-electron chi connectivity index (χ2n) is 4.95. The van der Waals surface area contributed by atoms with Crippen LogP contribution in [0.1, 0.15) is 5.56 Å². The first kappa shape index (κ1) is 16.9. The monoisotopic (exact) mass is 355 g/mol. The van der Waals surface area contributed by atoms with Crippen LogP contribution in [0.2, 0.25) is 0 Å². The molecule has 0 unspecified atom stereocenters. The zero-order valence-corrected chi connectivity index (χ0v) is 12.7. The molecule has 0 amide bonds. The molecule has 0 bridgehead atoms. The average molecular weight is 355 g/mol. The van der Waals surface area contributed by atoms with Gasteiger partial charge in [0.25, 0.3) is 0 Å². The summed E-state index contributed by atoms with van der Waals surface area (Å²) < 4.78 is 73.1. The van der Waals surface area contributed by atoms with Crippen molar-refractivity contribution >= 4 is 0 Å². The number of aromatic nitrogens is 3. The van der Waals surface area contributed by atoms with Gasteiger partial charge >= 0.3 is 12.2 Å². The first-order valence-electron chi connectivity index (χ1n) is 6.95. The third-order valence-electron chi connectivity index (χ3n) is 3.38. The van der Waals surface area contributed by atoms with E-state index in [1.54, 1.807) is 0 Å². The van der Waals surface area contributed by atoms with Crippen molar-refractivity contribution in [1.29, 1.82) is 0 Å². The van der Waals surface area contributed by atoms with Gasteiger partial charge in [-0.25, -0.2) is 8.78 Å². The minimum atomic E-state index is -4.66. The minimum Gasteiger partial charge on any atom is -0.467 e. The van der Waals surface area contributed by atoms with Crippen molar-refractivity contribution in [3.63, 3.8) is 0 Å². The van der Waals surface area contributed by atoms with Crippen LogP contribution < -0.4 is 4.74 Å². The van der Waals surface area contributed by atoms with E-state index in [4.69, 9.17) is 4.74 Å². The molecule has 0 aliphatic rings. The molecule has 1 aromatic heterocycles. The molecule has 4 nitrogen and oxygen atoms in total. The molecule has 2 aromatic carbocycles. The molecule has 9 heteroatoms. The summed E-state index contributed by atoms with van der Waals surface area (Å²) in [7, 11) is 1.16. The summed E-state index contributed by atoms with van der Waals surface area (Å²) in [6, 6.07) is 7.41. The maximum absolute atomic E-state index is 13.9. The van der Waals surface area contributed by atoms with E-state index in [2.05, 4.69) is 10.1 Å². The van der Waals surface area contributed by atoms with Gasteiger partial charge in [-0.1, -0.05) is 18.2 Å². The number of rotatable bonds is 3. The smallest absolute Gasteiger partial charge is 0.418 e. The number of hydrogen-bond acceptors (Lipinski definition) is 3. The van der Waals surface area contributed by atoms with E-state index >= 15 is 0 Å². The van der Waals surface area contributed by atoms with Crippen LogP contribution in [0.4, 0.5) is 22.0 Å². The number of para-hydroxylation sites is 1. The number of nitrogens with zero attached hydrogens (tertiary/aromatic N) is 3. The van der Waals surface area contributed by atoms with Crippen LogP contribution in [0.5, 0.6) is 6.01 Å². The molecule has 0 radical (unpaired) electrons. The largest absolute Gasteiger partial charge is 0.467 e. The van der Waals surface area contributed by atoms with Gasteiger partial charge in [-0.3, -0.25) is 0 Å². The molecule has 0 saturated heterocycles. The molecule has 0 saturated carbocycles. The number of benzene rings is 2. The predicted molar refractivity (Wildman–Crippen MR) is 78.3 cm³/mol. The molecule has 0 fully saturated rings. The topological polar surface area (TPSA) is 39.9 Å². The summed E-state index contributed by atoms with van der Waals surface area (Å²) in [6.07, 6.45) is -4.66. The lowest BCUT2D eigenvalue weighted by Gasteiger charge is -2.12. The van der Waals surface area contributed by atoms with Gasteiger partial charge in [0.1, 0.15) is 11.6 Å². The second kappa shape index (κ2) is 6.15. The molecule has 0 aliphatic heterocycles. The van der Waals surface area contributed by atoms with Crippen molar-refractivity contribution in [2.75, 3.05) is 7.11 Å². The van der Waals surface area contributed by atoms with E-state index in [0.29, 0.717) is 0 Å². The average Bonchev–Trinajstić information content (AvgIpc) is 2.98. The van der Waals surface area contributed by atoms with Gasteiger partial charge in [-0.2, -0.15) is 22.8 Å². The fraction of sp³-hybridized carbons (Fsp3) is 0.125. The van der Waals surface area contributed by atoms with Crippen molar-refractivity contribution in [3.8, 4) is 23.1 Å². The standard InChI is InChI=1S/C16H10F5N3O/c1-25-15-22-14(13-10(17)6-4-7-11(13)18)23-24(15)12-8-3-2-5-9(12)16(19,20)21/h2-8H,1H3. The lowest BCUT2D eigenvalue weighted by molar-refractivity contribution is -0.137. The van der Waals surface area contributed by atoms with Crippen molar-refractivity contribution in [1.82, 2.24) is 14.8 Å². The van der Waals surface area contributed by atoms with Gasteiger partial charge in [0.05, 0.1) is 23.9 Å². The van der Waals surface area contributed by atoms with Crippen LogP contribution in [-0.4, -0.2) is 21.9 Å². The highest BCUT2D eigenvalue weighted by atomic mass is 19.4. The Morgan fingerprint density at radius 3 is 2.20 bits per heavy atom. The van der Waals surface area contributed by atoms with Gasteiger partial charge in [0, 0.05) is 0 Å². The Morgan fingerprint density at radius 2 is 1.60 bits per heavy atom. The highest BCUT2D eigenvalue weighted by molar-refractivity contribution is 5.58. The second-order valence-corrected chi connectivity index (χ2v) is 4.95. The first-order valence-corrected chi connectivity index (χ1v) is 6.95. The SMILES string of the molecule is COc1nc(-c2c(F)cccc2F)nn1-c1ccccc1C(F)(F)F. The molecular weight excluding hydrogens is 345 g/mol. The molecule has 3 aromatic rings. The Kier molecular flexibility index (Phi) is 4.15. The van der Waals surface area contributed by atoms with Crippen LogP contribution in [0.25, 0.3) is 17.1 Å². The van der Waals surface area contributed by atoms with Crippen molar-refractivity contribution in [3.05, 3.63) is 59.7 Å². The first-order chi connectivity index (χ1) is 11.8. The van der Waals surface area contributed by atoms with Gasteiger partial charge in [-0.05, 0) is 24.3 Å². The lowest BCUT2D eigenvalue weighted by atomic mass is 10.1. The zero-order chi connectivity index (χ0) is 18.2. The predicted octanol–water partition coefficient (Wildman–Crippen LogP) is 4.24. The van der Waals surface area contributed by atoms with E-state index in [0.717, 1.165) is 42.1 Å². The van der Waals surface area contributed by atoms with Crippen molar-refractivity contribution in [2.24, 2.45) is 0 Å². The quantitative estimate of drug-likeness (QED) is 0.660. The third kappa shape index (κ3) is 3.04. The van der Waals surface area contributed by atoms with Crippen LogP contribution in [0.3, 0.4) is 0 Å². The molecule has 0 N–H and O–H groups in total. The fourth-order valence-corrected chi connectivity index (χ4v) is 2.30. The minimum absolute atomic E-state index is 0.339. The fourth-order valence-electron chi connectivity index (χ4n) is 2.30. The Hall–Kier alpha value is -2.97. The maximum atomic E-state index is 13.9. The zero-order valence-electron chi connectivity index (χ0n) is 12.7. The molecule has 3 rings (SSSR count). The molecule has 0 atom stereocenters. The molecule has 1 heterocycles. The van der Waals surface area contributed by atoms with E-state index in [1.807, 2.05) is 0 Å². The summed E-state index contributed by atoms with van der Waals surface area (Å²) in [6.45, 7) is 0. The summed E-state index contributed by atoms with van der Waals surface area (Å²) in [5.74, 6) is -2.31. The van der Waals surface area contributed by atoms with Crippen LogP contribution >= 0.6 is 0 Å².